The van der Waals surface area contributed by atoms with Crippen molar-refractivity contribution in [3.63, 3.8) is 0 Å². The molecule has 2 nitrogen and oxygen atoms in total. The molecular formula is C14H18ClNOS. The van der Waals surface area contributed by atoms with Gasteiger partial charge in [0.05, 0.1) is 0 Å². The zero-order chi connectivity index (χ0) is 13.0. The molecule has 18 heavy (non-hydrogen) atoms. The maximum atomic E-state index is 6.14. The summed E-state index contributed by atoms with van der Waals surface area (Å²) in [6.45, 7) is 5.12. The minimum Gasteiger partial charge on any atom is -0.444 e. The number of hydrogen-bond donors (Lipinski definition) is 1. The van der Waals surface area contributed by atoms with Gasteiger partial charge >= 0.3 is 0 Å². The van der Waals surface area contributed by atoms with Gasteiger partial charge in [0.15, 0.2) is 5.22 Å². The number of rotatable bonds is 6. The van der Waals surface area contributed by atoms with Gasteiger partial charge in [0.1, 0.15) is 5.58 Å². The lowest BCUT2D eigenvalue weighted by Crippen LogP contribution is -2.27. The second-order valence-corrected chi connectivity index (χ2v) is 5.95. The number of benzene rings is 1. The van der Waals surface area contributed by atoms with Gasteiger partial charge in [0.2, 0.25) is 0 Å². The van der Waals surface area contributed by atoms with Crippen molar-refractivity contribution in [3.8, 4) is 0 Å². The topological polar surface area (TPSA) is 25.2 Å². The van der Waals surface area contributed by atoms with E-state index in [1.165, 1.54) is 0 Å². The minimum atomic E-state index is 0.472. The van der Waals surface area contributed by atoms with Crippen molar-refractivity contribution < 1.29 is 4.42 Å². The molecule has 1 atom stereocenters. The van der Waals surface area contributed by atoms with E-state index in [9.17, 15) is 0 Å². The van der Waals surface area contributed by atoms with E-state index in [2.05, 4.69) is 19.2 Å². The van der Waals surface area contributed by atoms with Crippen LogP contribution in [-0.2, 0) is 6.54 Å². The Labute approximate surface area is 117 Å². The first-order chi connectivity index (χ1) is 8.72. The van der Waals surface area contributed by atoms with Crippen LogP contribution < -0.4 is 5.32 Å². The molecule has 2 rings (SSSR count). The molecule has 1 aromatic carbocycles. The molecule has 0 bridgehead atoms. The average molecular weight is 284 g/mol. The third-order valence-corrected chi connectivity index (χ3v) is 4.30. The Kier molecular flexibility index (Phi) is 4.98. The lowest BCUT2D eigenvalue weighted by Gasteiger charge is -2.12. The maximum absolute atomic E-state index is 6.14. The van der Waals surface area contributed by atoms with Crippen molar-refractivity contribution in [1.82, 2.24) is 5.32 Å². The molecule has 4 heteroatoms. The predicted molar refractivity (Wildman–Crippen MR) is 80.5 cm³/mol. The van der Waals surface area contributed by atoms with E-state index in [0.717, 1.165) is 34.6 Å². The van der Waals surface area contributed by atoms with Crippen LogP contribution in [0.15, 0.2) is 28.7 Å². The number of fused-ring (bicyclic) bond motifs is 1. The van der Waals surface area contributed by atoms with Gasteiger partial charge in [-0.25, -0.2) is 0 Å². The van der Waals surface area contributed by atoms with Gasteiger partial charge in [-0.3, -0.25) is 0 Å². The van der Waals surface area contributed by atoms with Crippen molar-refractivity contribution in [2.45, 2.75) is 26.4 Å². The molecular weight excluding hydrogens is 266 g/mol. The van der Waals surface area contributed by atoms with E-state index in [-0.39, 0.29) is 0 Å². The molecule has 1 aromatic heterocycles. The summed E-state index contributed by atoms with van der Waals surface area (Å²) in [5.74, 6) is 2.27. The van der Waals surface area contributed by atoms with Gasteiger partial charge in [0.25, 0.3) is 0 Å². The molecule has 98 valence electrons. The van der Waals surface area contributed by atoms with Crippen molar-refractivity contribution >= 4 is 34.3 Å². The molecule has 1 heterocycles. The van der Waals surface area contributed by atoms with Crippen LogP contribution in [0.4, 0.5) is 0 Å². The number of para-hydroxylation sites is 1. The van der Waals surface area contributed by atoms with Crippen LogP contribution in [-0.4, -0.2) is 17.5 Å². The van der Waals surface area contributed by atoms with Crippen LogP contribution in [0.25, 0.3) is 11.0 Å². The van der Waals surface area contributed by atoms with E-state index in [4.69, 9.17) is 16.0 Å². The van der Waals surface area contributed by atoms with Gasteiger partial charge in [-0.15, -0.1) is 0 Å². The summed E-state index contributed by atoms with van der Waals surface area (Å²) in [7, 11) is 0. The standard InChI is InChI=1S/C14H18ClNOS/c1-3-18-9-10(2)16-8-12-11-6-4-5-7-13(11)17-14(12)15/h4-7,10,16H,3,8-9H2,1-2H3. The molecule has 1 N–H and O–H groups in total. The highest BCUT2D eigenvalue weighted by Gasteiger charge is 2.12. The fourth-order valence-electron chi connectivity index (χ4n) is 1.86. The number of furan rings is 1. The van der Waals surface area contributed by atoms with Gasteiger partial charge in [-0.2, -0.15) is 11.8 Å². The average Bonchev–Trinajstić information content (AvgIpc) is 2.69. The Morgan fingerprint density at radius 3 is 2.94 bits per heavy atom. The minimum absolute atomic E-state index is 0.472. The fourth-order valence-corrected chi connectivity index (χ4v) is 2.82. The lowest BCUT2D eigenvalue weighted by molar-refractivity contribution is 0.578. The Hall–Kier alpha value is -0.640. The molecule has 0 fully saturated rings. The Morgan fingerprint density at radius 2 is 2.17 bits per heavy atom. The first kappa shape index (κ1) is 13.8. The number of thioether (sulfide) groups is 1. The van der Waals surface area contributed by atoms with Crippen LogP contribution >= 0.6 is 23.4 Å². The van der Waals surface area contributed by atoms with Gasteiger partial charge in [-0.05, 0) is 30.3 Å². The van der Waals surface area contributed by atoms with Crippen LogP contribution in [0.2, 0.25) is 5.22 Å². The van der Waals surface area contributed by atoms with E-state index < -0.39 is 0 Å². The number of nitrogens with one attached hydrogen (secondary N) is 1. The highest BCUT2D eigenvalue weighted by Crippen LogP contribution is 2.29. The summed E-state index contributed by atoms with van der Waals surface area (Å²) in [6.07, 6.45) is 0. The summed E-state index contributed by atoms with van der Waals surface area (Å²) in [5.41, 5.74) is 1.91. The zero-order valence-corrected chi connectivity index (χ0v) is 12.3. The van der Waals surface area contributed by atoms with E-state index >= 15 is 0 Å². The molecule has 0 spiro atoms. The molecule has 0 saturated carbocycles. The van der Waals surface area contributed by atoms with Crippen LogP contribution in [0.3, 0.4) is 0 Å². The predicted octanol–water partition coefficient (Wildman–Crippen LogP) is 4.32. The second-order valence-electron chi connectivity index (χ2n) is 4.29. The quantitative estimate of drug-likeness (QED) is 0.855. The number of hydrogen-bond acceptors (Lipinski definition) is 3. The Morgan fingerprint density at radius 1 is 1.39 bits per heavy atom. The Bertz CT molecular complexity index is 511. The van der Waals surface area contributed by atoms with Crippen molar-refractivity contribution in [3.05, 3.63) is 35.0 Å². The van der Waals surface area contributed by atoms with Gasteiger partial charge < -0.3 is 9.73 Å². The lowest BCUT2D eigenvalue weighted by atomic mass is 10.2. The molecule has 0 radical (unpaired) electrons. The molecule has 1 unspecified atom stereocenters. The summed E-state index contributed by atoms with van der Waals surface area (Å²) >= 11 is 8.09. The van der Waals surface area contributed by atoms with E-state index in [0.29, 0.717) is 11.3 Å². The third kappa shape index (κ3) is 3.22. The molecule has 0 saturated heterocycles. The zero-order valence-electron chi connectivity index (χ0n) is 10.7. The van der Waals surface area contributed by atoms with Gasteiger partial charge in [0, 0.05) is 29.3 Å². The summed E-state index contributed by atoms with van der Waals surface area (Å²) in [5, 5.41) is 5.09. The second kappa shape index (κ2) is 6.50. The molecule has 0 aliphatic carbocycles. The number of halogens is 1. The van der Waals surface area contributed by atoms with Crippen molar-refractivity contribution in [2.75, 3.05) is 11.5 Å². The molecule has 0 aliphatic rings. The van der Waals surface area contributed by atoms with Crippen LogP contribution in [0.1, 0.15) is 19.4 Å². The molecule has 0 aliphatic heterocycles. The monoisotopic (exact) mass is 283 g/mol. The normalized spacial score (nSPS) is 13.1. The van der Waals surface area contributed by atoms with Crippen molar-refractivity contribution in [2.24, 2.45) is 0 Å². The molecule has 2 aromatic rings. The first-order valence-corrected chi connectivity index (χ1v) is 7.72. The highest BCUT2D eigenvalue weighted by atomic mass is 35.5. The summed E-state index contributed by atoms with van der Waals surface area (Å²) < 4.78 is 5.53. The fraction of sp³-hybridized carbons (Fsp3) is 0.429. The smallest absolute Gasteiger partial charge is 0.199 e. The van der Waals surface area contributed by atoms with Crippen LogP contribution in [0, 0.1) is 0 Å². The summed E-state index contributed by atoms with van der Waals surface area (Å²) in [6, 6.07) is 8.43. The van der Waals surface area contributed by atoms with E-state index in [1.54, 1.807) is 0 Å². The third-order valence-electron chi connectivity index (χ3n) is 2.85. The largest absolute Gasteiger partial charge is 0.444 e. The van der Waals surface area contributed by atoms with Crippen molar-refractivity contribution in [1.29, 1.82) is 0 Å². The maximum Gasteiger partial charge on any atom is 0.199 e. The van der Waals surface area contributed by atoms with Gasteiger partial charge in [-0.1, -0.05) is 25.1 Å². The summed E-state index contributed by atoms with van der Waals surface area (Å²) in [4.78, 5) is 0. The van der Waals surface area contributed by atoms with Crippen LogP contribution in [0.5, 0.6) is 0 Å². The SMILES string of the molecule is CCSCC(C)NCc1c(Cl)oc2ccccc12. The Balaban J connectivity index is 2.05. The molecule has 0 amide bonds. The first-order valence-electron chi connectivity index (χ1n) is 6.19. The van der Waals surface area contributed by atoms with E-state index in [1.807, 2.05) is 36.0 Å². The highest BCUT2D eigenvalue weighted by molar-refractivity contribution is 7.99.